The third-order valence-electron chi connectivity index (χ3n) is 4.29. The number of piperidine rings is 1. The third-order valence-corrected chi connectivity index (χ3v) is 5.23. The second-order valence-corrected chi connectivity index (χ2v) is 7.66. The molecule has 1 unspecified atom stereocenters. The van der Waals surface area contributed by atoms with Crippen LogP contribution < -0.4 is 4.31 Å². The van der Waals surface area contributed by atoms with Crippen LogP contribution in [-0.4, -0.2) is 62.8 Å². The number of amides is 1. The summed E-state index contributed by atoms with van der Waals surface area (Å²) in [6.45, 7) is -0.399. The smallest absolute Gasteiger partial charge is 0.434 e. The zero-order chi connectivity index (χ0) is 22.7. The second kappa shape index (κ2) is 9.56. The van der Waals surface area contributed by atoms with Crippen molar-refractivity contribution in [2.24, 2.45) is 5.92 Å². The van der Waals surface area contributed by atoms with Gasteiger partial charge in [-0.1, -0.05) is 11.6 Å². The fraction of sp³-hybridized carbons (Fsp3) is 0.600. The molecular weight excluding hydrogens is 468 g/mol. The molecule has 1 fully saturated rings. The van der Waals surface area contributed by atoms with E-state index in [1.54, 1.807) is 0 Å². The van der Waals surface area contributed by atoms with Gasteiger partial charge in [0, 0.05) is 30.9 Å². The maximum Gasteiger partial charge on any atom is 0.434 e. The fourth-order valence-electron chi connectivity index (χ4n) is 2.80. The molecule has 0 bridgehead atoms. The molecule has 2 rings (SSSR count). The lowest BCUT2D eigenvalue weighted by Gasteiger charge is -2.36. The average molecular weight is 483 g/mol. The van der Waals surface area contributed by atoms with Crippen molar-refractivity contribution in [3.05, 3.63) is 23.5 Å². The Morgan fingerprint density at radius 2 is 1.83 bits per heavy atom. The molecule has 30 heavy (non-hydrogen) atoms. The first-order chi connectivity index (χ1) is 13.8. The number of carbonyl (C=O) groups is 1. The van der Waals surface area contributed by atoms with E-state index in [9.17, 15) is 39.9 Å². The van der Waals surface area contributed by atoms with Crippen LogP contribution in [0, 0.1) is 5.92 Å². The van der Waals surface area contributed by atoms with E-state index in [-0.39, 0.29) is 49.2 Å². The minimum atomic E-state index is -5.79. The van der Waals surface area contributed by atoms with Crippen LogP contribution in [-0.2, 0) is 16.0 Å². The molecular formula is C15H15ClF6N3O4S-. The normalized spacial score (nSPS) is 17.2. The van der Waals surface area contributed by atoms with Crippen LogP contribution in [0.5, 0.6) is 0 Å². The predicted octanol–water partition coefficient (Wildman–Crippen LogP) is 3.68. The van der Waals surface area contributed by atoms with Crippen LogP contribution in [0.1, 0.15) is 12.8 Å². The lowest BCUT2D eigenvalue weighted by Crippen LogP contribution is -2.49. The van der Waals surface area contributed by atoms with E-state index in [0.717, 1.165) is 9.21 Å². The highest BCUT2D eigenvalue weighted by Gasteiger charge is 2.60. The highest BCUT2D eigenvalue weighted by atomic mass is 35.5. The van der Waals surface area contributed by atoms with Crippen molar-refractivity contribution < 1.29 is 44.6 Å². The van der Waals surface area contributed by atoms with Crippen LogP contribution >= 0.6 is 11.6 Å². The van der Waals surface area contributed by atoms with Gasteiger partial charge < -0.3 is 18.5 Å². The summed E-state index contributed by atoms with van der Waals surface area (Å²) in [6, 6.07) is 2.80. The van der Waals surface area contributed by atoms with Crippen molar-refractivity contribution in [2.75, 3.05) is 23.9 Å². The summed E-state index contributed by atoms with van der Waals surface area (Å²) >= 11 is 2.99. The summed E-state index contributed by atoms with van der Waals surface area (Å²) in [7, 11) is 0. The van der Waals surface area contributed by atoms with E-state index in [2.05, 4.69) is 9.72 Å². The van der Waals surface area contributed by atoms with E-state index in [1.807, 2.05) is 0 Å². The van der Waals surface area contributed by atoms with Crippen molar-refractivity contribution in [3.8, 4) is 0 Å². The minimum absolute atomic E-state index is 0.0178. The van der Waals surface area contributed by atoms with Gasteiger partial charge in [-0.3, -0.25) is 4.21 Å². The summed E-state index contributed by atoms with van der Waals surface area (Å²) in [5.41, 5.74) is 0.229. The van der Waals surface area contributed by atoms with Crippen molar-refractivity contribution in [1.29, 1.82) is 0 Å². The molecule has 2 heterocycles. The van der Waals surface area contributed by atoms with Gasteiger partial charge in [-0.05, 0) is 30.9 Å². The Morgan fingerprint density at radius 3 is 2.27 bits per heavy atom. The fourth-order valence-corrected chi connectivity index (χ4v) is 3.52. The van der Waals surface area contributed by atoms with Gasteiger partial charge in [0.05, 0.1) is 11.9 Å². The quantitative estimate of drug-likeness (QED) is 0.363. The number of pyridine rings is 1. The van der Waals surface area contributed by atoms with Crippen molar-refractivity contribution in [1.82, 2.24) is 9.88 Å². The van der Waals surface area contributed by atoms with Gasteiger partial charge in [-0.15, -0.1) is 0 Å². The Balaban J connectivity index is 1.95. The summed E-state index contributed by atoms with van der Waals surface area (Å²) in [5.74, 6) is -0.302. The van der Waals surface area contributed by atoms with Gasteiger partial charge in [0.2, 0.25) is 0 Å². The summed E-state index contributed by atoms with van der Waals surface area (Å²) in [4.78, 5) is 16.3. The highest BCUT2D eigenvalue weighted by Crippen LogP contribution is 2.36. The van der Waals surface area contributed by atoms with Gasteiger partial charge in [0.1, 0.15) is 5.15 Å². The van der Waals surface area contributed by atoms with Gasteiger partial charge in [-0.2, -0.15) is 26.3 Å². The third kappa shape index (κ3) is 6.60. The summed E-state index contributed by atoms with van der Waals surface area (Å²) in [6.07, 6.45) is -16.0. The first-order valence-corrected chi connectivity index (χ1v) is 9.77. The van der Waals surface area contributed by atoms with Crippen molar-refractivity contribution in [3.63, 3.8) is 0 Å². The predicted molar refractivity (Wildman–Crippen MR) is 92.2 cm³/mol. The molecule has 170 valence electrons. The number of hydrogen-bond acceptors (Lipinski definition) is 5. The molecule has 0 aromatic carbocycles. The zero-order valence-corrected chi connectivity index (χ0v) is 16.5. The average Bonchev–Trinajstić information content (AvgIpc) is 2.63. The number of halogens is 7. The molecule has 0 aliphatic carbocycles. The van der Waals surface area contributed by atoms with Gasteiger partial charge in [0.15, 0.2) is 0 Å². The van der Waals surface area contributed by atoms with Crippen LogP contribution in [0.3, 0.4) is 0 Å². The van der Waals surface area contributed by atoms with E-state index in [0.29, 0.717) is 0 Å². The van der Waals surface area contributed by atoms with E-state index in [4.69, 9.17) is 11.6 Å². The maximum absolute atomic E-state index is 12.5. The molecule has 1 aromatic rings. The monoisotopic (exact) mass is 482 g/mol. The lowest BCUT2D eigenvalue weighted by molar-refractivity contribution is -0.308. The van der Waals surface area contributed by atoms with Crippen molar-refractivity contribution in [2.45, 2.75) is 31.3 Å². The topological polar surface area (TPSA) is 85.8 Å². The SMILES string of the molecule is O=C(OC(C(F)(F)F)C(F)(F)F)N1CCC(CN(c2ccc(Cl)nc2)S(=O)[O-])CC1. The molecule has 0 spiro atoms. The van der Waals surface area contributed by atoms with Crippen LogP contribution in [0.2, 0.25) is 5.15 Å². The standard InChI is InChI=1S/C15H16ClF6N3O4S/c16-11-2-1-10(7-23-11)25(30(27)28)8-9-3-5-24(6-4-9)13(26)29-12(14(17,18)19)15(20,21)22/h1-2,7,9,12H,3-6,8H2,(H,27,28)/p-1. The molecule has 1 saturated heterocycles. The van der Waals surface area contributed by atoms with E-state index in [1.165, 1.54) is 18.3 Å². The zero-order valence-electron chi connectivity index (χ0n) is 15.0. The van der Waals surface area contributed by atoms with E-state index >= 15 is 0 Å². The molecule has 0 radical (unpaired) electrons. The van der Waals surface area contributed by atoms with Gasteiger partial charge in [-0.25, -0.2) is 9.78 Å². The van der Waals surface area contributed by atoms with Crippen LogP contribution in [0.15, 0.2) is 18.3 Å². The Bertz CT molecular complexity index is 742. The Labute approximate surface area is 174 Å². The molecule has 1 aliphatic rings. The first kappa shape index (κ1) is 24.5. The number of likely N-dealkylation sites (tertiary alicyclic amines) is 1. The number of hydrogen-bond donors (Lipinski definition) is 0. The van der Waals surface area contributed by atoms with Crippen LogP contribution in [0.25, 0.3) is 0 Å². The first-order valence-electron chi connectivity index (χ1n) is 8.36. The number of carbonyl (C=O) groups excluding carboxylic acids is 1. The lowest BCUT2D eigenvalue weighted by atomic mass is 9.97. The molecule has 1 aromatic heterocycles. The molecule has 0 saturated carbocycles. The molecule has 1 aliphatic heterocycles. The maximum atomic E-state index is 12.5. The number of nitrogens with zero attached hydrogens (tertiary/aromatic N) is 3. The van der Waals surface area contributed by atoms with E-state index < -0.39 is 35.8 Å². The van der Waals surface area contributed by atoms with Crippen molar-refractivity contribution >= 4 is 34.6 Å². The Morgan fingerprint density at radius 1 is 1.27 bits per heavy atom. The second-order valence-electron chi connectivity index (χ2n) is 6.39. The molecule has 15 heteroatoms. The molecule has 0 N–H and O–H groups in total. The summed E-state index contributed by atoms with van der Waals surface area (Å²) < 4.78 is 103. The summed E-state index contributed by atoms with van der Waals surface area (Å²) in [5, 5.41) is 0.151. The number of alkyl halides is 6. The highest BCUT2D eigenvalue weighted by molar-refractivity contribution is 7.80. The van der Waals surface area contributed by atoms with Crippen LogP contribution in [0.4, 0.5) is 36.8 Å². The molecule has 1 amide bonds. The molecule has 1 atom stereocenters. The molecule has 7 nitrogen and oxygen atoms in total. The Kier molecular flexibility index (Phi) is 7.80. The Hall–Kier alpha value is -1.80. The number of ether oxygens (including phenoxy) is 1. The minimum Gasteiger partial charge on any atom is -0.755 e. The number of anilines is 1. The number of rotatable bonds is 5. The van der Waals surface area contributed by atoms with Gasteiger partial charge >= 0.3 is 18.4 Å². The largest absolute Gasteiger partial charge is 0.755 e. The van der Waals surface area contributed by atoms with Gasteiger partial charge in [0.25, 0.3) is 6.10 Å². The number of aromatic nitrogens is 1.